The molecule has 0 saturated carbocycles. The van der Waals surface area contributed by atoms with E-state index in [1.165, 1.54) is 0 Å². The molecular weight excluding hydrogens is 359 g/mol. The van der Waals surface area contributed by atoms with Crippen LogP contribution in [0.2, 0.25) is 11.6 Å². The minimum Gasteiger partial charge on any atom is -0.384 e. The minimum absolute atomic E-state index is 0.0895. The smallest absolute Gasteiger partial charge is 0.123 e. The van der Waals surface area contributed by atoms with Crippen LogP contribution in [-0.2, 0) is 0 Å². The molecule has 0 atom stereocenters. The Morgan fingerprint density at radius 1 is 0.750 bits per heavy atom. The monoisotopic (exact) mass is 382 g/mol. The van der Waals surface area contributed by atoms with E-state index in [0.29, 0.717) is 0 Å². The summed E-state index contributed by atoms with van der Waals surface area (Å²) < 4.78 is 0. The van der Waals surface area contributed by atoms with E-state index < -0.39 is 0 Å². The number of nitrogen functional groups attached to an aromatic ring is 1. The molecule has 0 aliphatic heterocycles. The van der Waals surface area contributed by atoms with Gasteiger partial charge in [0, 0.05) is 11.1 Å². The van der Waals surface area contributed by atoms with Crippen molar-refractivity contribution in [1.29, 1.82) is 5.41 Å². The normalized spacial score (nSPS) is 9.75. The van der Waals surface area contributed by atoms with Gasteiger partial charge >= 0.3 is 26.6 Å². The molecule has 0 spiro atoms. The van der Waals surface area contributed by atoms with E-state index in [-0.39, 0.29) is 5.84 Å². The average molecular weight is 381 g/mol. The van der Waals surface area contributed by atoms with Crippen LogP contribution < -0.4 is 5.73 Å². The molecule has 0 radical (unpaired) electrons. The third-order valence-electron chi connectivity index (χ3n) is 3.50. The van der Waals surface area contributed by atoms with E-state index in [4.69, 9.17) is 11.1 Å². The first-order chi connectivity index (χ1) is 11.7. The van der Waals surface area contributed by atoms with Crippen LogP contribution in [0.25, 0.3) is 22.3 Å². The van der Waals surface area contributed by atoms with Gasteiger partial charge in [0.05, 0.1) is 0 Å². The maximum atomic E-state index is 7.86. The van der Waals surface area contributed by atoms with Crippen LogP contribution in [0.4, 0.5) is 0 Å². The topological polar surface area (TPSA) is 49.9 Å². The number of rotatable bonds is 3. The van der Waals surface area contributed by atoms with Crippen LogP contribution in [0.15, 0.2) is 78.9 Å². The van der Waals surface area contributed by atoms with Crippen molar-refractivity contribution in [3.8, 4) is 22.3 Å². The molecule has 3 N–H and O–H groups in total. The molecule has 0 bridgehead atoms. The van der Waals surface area contributed by atoms with Gasteiger partial charge in [-0.25, -0.2) is 0 Å². The number of hydrogen-bond donors (Lipinski definition) is 2. The standard InChI is InChI=1S/C19H16N2.C2H6Se/c20-19(21)17-13-7-12-16(14-8-3-1-4-9-14)18(17)15-10-5-2-6-11-15;1-3-2/h1-13H,(H3,20,21);1-2H3. The predicted molar refractivity (Wildman–Crippen MR) is 106 cm³/mol. The first-order valence-electron chi connectivity index (χ1n) is 7.67. The molecule has 3 aromatic carbocycles. The summed E-state index contributed by atoms with van der Waals surface area (Å²) >= 11 is 0.875. The molecule has 3 aromatic rings. The zero-order chi connectivity index (χ0) is 17.4. The molecule has 122 valence electrons. The van der Waals surface area contributed by atoms with Gasteiger partial charge in [0.15, 0.2) is 0 Å². The van der Waals surface area contributed by atoms with Crippen LogP contribution in [0.1, 0.15) is 5.56 Å². The maximum absolute atomic E-state index is 7.86. The van der Waals surface area contributed by atoms with E-state index in [1.807, 2.05) is 60.7 Å². The van der Waals surface area contributed by atoms with Gasteiger partial charge in [0.2, 0.25) is 0 Å². The first-order valence-corrected chi connectivity index (χ1v) is 11.1. The summed E-state index contributed by atoms with van der Waals surface area (Å²) in [5.74, 6) is 4.46. The number of nitrogens with one attached hydrogen (secondary N) is 1. The molecule has 0 heterocycles. The Hall–Kier alpha value is -2.35. The van der Waals surface area contributed by atoms with Gasteiger partial charge in [0.25, 0.3) is 0 Å². The van der Waals surface area contributed by atoms with Crippen molar-refractivity contribution in [3.63, 3.8) is 0 Å². The van der Waals surface area contributed by atoms with Crippen molar-refractivity contribution in [2.75, 3.05) is 0 Å². The quantitative estimate of drug-likeness (QED) is 0.371. The van der Waals surface area contributed by atoms with Gasteiger partial charge in [-0.3, -0.25) is 5.41 Å². The maximum Gasteiger partial charge on any atom is 0.123 e. The fourth-order valence-corrected chi connectivity index (χ4v) is 2.55. The number of benzene rings is 3. The van der Waals surface area contributed by atoms with Gasteiger partial charge in [-0.2, -0.15) is 0 Å². The second-order valence-corrected chi connectivity index (χ2v) is 7.00. The summed E-state index contributed by atoms with van der Waals surface area (Å²) in [6.07, 6.45) is 0. The Kier molecular flexibility index (Phi) is 6.80. The van der Waals surface area contributed by atoms with Crippen LogP contribution in [0, 0.1) is 5.41 Å². The number of nitrogens with two attached hydrogens (primary N) is 1. The SMILES string of the molecule is C[Se]C.N=C(N)c1cccc(-c2ccccc2)c1-c1ccccc1. The summed E-state index contributed by atoms with van der Waals surface area (Å²) in [7, 11) is 0. The summed E-state index contributed by atoms with van der Waals surface area (Å²) in [4.78, 5) is 0. The van der Waals surface area contributed by atoms with E-state index in [1.54, 1.807) is 0 Å². The second kappa shape index (κ2) is 9.07. The van der Waals surface area contributed by atoms with Crippen molar-refractivity contribution in [1.82, 2.24) is 0 Å². The van der Waals surface area contributed by atoms with Crippen LogP contribution in [0.5, 0.6) is 0 Å². The van der Waals surface area contributed by atoms with Crippen molar-refractivity contribution in [2.24, 2.45) is 5.73 Å². The molecule has 0 amide bonds. The van der Waals surface area contributed by atoms with E-state index >= 15 is 0 Å². The molecule has 0 saturated heterocycles. The molecule has 3 heteroatoms. The van der Waals surface area contributed by atoms with E-state index in [2.05, 4.69) is 29.8 Å². The third kappa shape index (κ3) is 4.35. The molecule has 0 unspecified atom stereocenters. The molecule has 0 fully saturated rings. The van der Waals surface area contributed by atoms with Gasteiger partial charge in [-0.05, 0) is 16.7 Å². The molecule has 0 aromatic heterocycles. The van der Waals surface area contributed by atoms with E-state index in [9.17, 15) is 0 Å². The van der Waals surface area contributed by atoms with Crippen molar-refractivity contribution < 1.29 is 0 Å². The van der Waals surface area contributed by atoms with Crippen LogP contribution in [0.3, 0.4) is 0 Å². The number of amidine groups is 1. The molecule has 0 aliphatic carbocycles. The summed E-state index contributed by atoms with van der Waals surface area (Å²) in [5.41, 5.74) is 10.8. The zero-order valence-electron chi connectivity index (χ0n) is 14.0. The fraction of sp³-hybridized carbons (Fsp3) is 0.0952. The Labute approximate surface area is 150 Å². The zero-order valence-corrected chi connectivity index (χ0v) is 15.7. The molecule has 3 rings (SSSR count). The molecular formula is C21H22N2Se. The minimum atomic E-state index is 0.0895. The molecule has 0 aliphatic rings. The van der Waals surface area contributed by atoms with Crippen molar-refractivity contribution >= 4 is 20.8 Å². The van der Waals surface area contributed by atoms with Crippen molar-refractivity contribution in [2.45, 2.75) is 11.6 Å². The van der Waals surface area contributed by atoms with Gasteiger partial charge in [-0.1, -0.05) is 78.9 Å². The van der Waals surface area contributed by atoms with Crippen LogP contribution >= 0.6 is 0 Å². The Balaban J connectivity index is 0.000000647. The van der Waals surface area contributed by atoms with E-state index in [0.717, 1.165) is 42.8 Å². The average Bonchev–Trinajstić information content (AvgIpc) is 2.63. The van der Waals surface area contributed by atoms with Crippen molar-refractivity contribution in [3.05, 3.63) is 84.4 Å². The summed E-state index contributed by atoms with van der Waals surface area (Å²) in [5, 5.41) is 7.86. The number of hydrogen-bond acceptors (Lipinski definition) is 1. The Morgan fingerprint density at radius 3 is 1.75 bits per heavy atom. The molecule has 2 nitrogen and oxygen atoms in total. The third-order valence-corrected chi connectivity index (χ3v) is 3.50. The first kappa shape index (κ1) is 18.0. The predicted octanol–water partition coefficient (Wildman–Crippen LogP) is 5.09. The van der Waals surface area contributed by atoms with Crippen LogP contribution in [-0.4, -0.2) is 20.8 Å². The van der Waals surface area contributed by atoms with Gasteiger partial charge in [-0.15, -0.1) is 0 Å². The largest absolute Gasteiger partial charge is 0.384 e. The summed E-state index contributed by atoms with van der Waals surface area (Å²) in [6, 6.07) is 26.2. The summed E-state index contributed by atoms with van der Waals surface area (Å²) in [6.45, 7) is 0. The molecule has 24 heavy (non-hydrogen) atoms. The van der Waals surface area contributed by atoms with Gasteiger partial charge in [0.1, 0.15) is 5.84 Å². The van der Waals surface area contributed by atoms with Gasteiger partial charge < -0.3 is 5.73 Å². The Bertz CT molecular complexity index is 783. The second-order valence-electron chi connectivity index (χ2n) is 5.28. The Morgan fingerprint density at radius 2 is 1.25 bits per heavy atom. The fourth-order valence-electron chi connectivity index (χ4n) is 2.55.